The second-order valence-electron chi connectivity index (χ2n) is 6.46. The number of fused-ring (bicyclic) bond motifs is 1. The van der Waals surface area contributed by atoms with Crippen molar-refractivity contribution in [1.29, 1.82) is 0 Å². The van der Waals surface area contributed by atoms with Gasteiger partial charge in [0, 0.05) is 17.5 Å². The van der Waals surface area contributed by atoms with Crippen LogP contribution in [0.4, 0.5) is 4.39 Å². The van der Waals surface area contributed by atoms with Gasteiger partial charge in [0.05, 0.1) is 16.8 Å². The van der Waals surface area contributed by atoms with E-state index in [9.17, 15) is 9.18 Å². The summed E-state index contributed by atoms with van der Waals surface area (Å²) < 4.78 is 13.3. The van der Waals surface area contributed by atoms with Crippen LogP contribution in [0.2, 0.25) is 0 Å². The third kappa shape index (κ3) is 3.85. The minimum Gasteiger partial charge on any atom is -0.349 e. The highest BCUT2D eigenvalue weighted by atomic mass is 19.1. The summed E-state index contributed by atoms with van der Waals surface area (Å²) in [5.41, 5.74) is 4.12. The maximum atomic E-state index is 13.3. The first kappa shape index (κ1) is 17.1. The van der Waals surface area contributed by atoms with Gasteiger partial charge in [-0.1, -0.05) is 24.3 Å². The van der Waals surface area contributed by atoms with Gasteiger partial charge in [-0.3, -0.25) is 9.78 Å². The second-order valence-corrected chi connectivity index (χ2v) is 6.46. The molecule has 0 aliphatic heterocycles. The van der Waals surface area contributed by atoms with Crippen molar-refractivity contribution in [3.05, 3.63) is 76.7 Å². The first-order chi connectivity index (χ1) is 11.9. The molecule has 1 amide bonds. The number of nitrogens with one attached hydrogen (secondary N) is 1. The number of carbonyl (C=O) groups is 1. The van der Waals surface area contributed by atoms with E-state index in [4.69, 9.17) is 0 Å². The zero-order valence-corrected chi connectivity index (χ0v) is 14.6. The highest BCUT2D eigenvalue weighted by molar-refractivity contribution is 5.98. The van der Waals surface area contributed by atoms with E-state index in [0.29, 0.717) is 16.8 Å². The minimum absolute atomic E-state index is 0.00286. The van der Waals surface area contributed by atoms with Crippen molar-refractivity contribution in [3.63, 3.8) is 0 Å². The number of carbonyl (C=O) groups excluding carboxylic acids is 1. The van der Waals surface area contributed by atoms with E-state index in [1.54, 1.807) is 19.1 Å². The van der Waals surface area contributed by atoms with Crippen LogP contribution in [0.15, 0.2) is 48.5 Å². The molecule has 4 heteroatoms. The summed E-state index contributed by atoms with van der Waals surface area (Å²) in [7, 11) is 0. The number of hydrogen-bond acceptors (Lipinski definition) is 2. The predicted molar refractivity (Wildman–Crippen MR) is 98.2 cm³/mol. The highest BCUT2D eigenvalue weighted by Crippen LogP contribution is 2.18. The van der Waals surface area contributed by atoms with E-state index in [0.717, 1.165) is 11.8 Å². The highest BCUT2D eigenvalue weighted by Gasteiger charge is 2.15. The van der Waals surface area contributed by atoms with Gasteiger partial charge in [0.15, 0.2) is 0 Å². The third-order valence-electron chi connectivity index (χ3n) is 4.38. The van der Waals surface area contributed by atoms with E-state index in [1.165, 1.54) is 23.3 Å². The Labute approximate surface area is 146 Å². The van der Waals surface area contributed by atoms with Crippen molar-refractivity contribution in [2.24, 2.45) is 0 Å². The average molecular weight is 336 g/mol. The van der Waals surface area contributed by atoms with Crippen molar-refractivity contribution in [3.8, 4) is 0 Å². The minimum atomic E-state index is -0.330. The fraction of sp³-hybridized carbons (Fsp3) is 0.238. The molecule has 1 aromatic heterocycles. The zero-order valence-electron chi connectivity index (χ0n) is 14.6. The van der Waals surface area contributed by atoms with Crippen LogP contribution in [-0.2, 0) is 6.42 Å². The van der Waals surface area contributed by atoms with Crippen LogP contribution in [0.5, 0.6) is 0 Å². The maximum Gasteiger partial charge on any atom is 0.253 e. The molecule has 0 unspecified atom stereocenters. The molecule has 0 radical (unpaired) electrons. The van der Waals surface area contributed by atoms with Gasteiger partial charge in [0.2, 0.25) is 0 Å². The van der Waals surface area contributed by atoms with Crippen LogP contribution in [0.25, 0.3) is 10.9 Å². The fourth-order valence-electron chi connectivity index (χ4n) is 2.99. The Bertz CT molecular complexity index is 936. The number of nitrogens with zero attached hydrogens (tertiary/aromatic N) is 1. The molecular weight excluding hydrogens is 315 g/mol. The quantitative estimate of drug-likeness (QED) is 0.769. The normalized spacial score (nSPS) is 12.2. The smallest absolute Gasteiger partial charge is 0.253 e. The summed E-state index contributed by atoms with van der Waals surface area (Å²) in [6.07, 6.45) is 0.768. The van der Waals surface area contributed by atoms with Crippen LogP contribution >= 0.6 is 0 Å². The molecule has 3 rings (SSSR count). The van der Waals surface area contributed by atoms with Gasteiger partial charge in [0.1, 0.15) is 5.82 Å². The lowest BCUT2D eigenvalue weighted by molar-refractivity contribution is 0.0939. The third-order valence-corrected chi connectivity index (χ3v) is 4.38. The second kappa shape index (κ2) is 7.01. The Balaban J connectivity index is 1.78. The summed E-state index contributed by atoms with van der Waals surface area (Å²) in [6.45, 7) is 5.83. The van der Waals surface area contributed by atoms with Crippen molar-refractivity contribution >= 4 is 16.8 Å². The fourth-order valence-corrected chi connectivity index (χ4v) is 2.99. The number of benzene rings is 2. The number of hydrogen-bond donors (Lipinski definition) is 1. The van der Waals surface area contributed by atoms with E-state index in [-0.39, 0.29) is 17.8 Å². The standard InChI is InChI=1S/C21H21FN2O/c1-13-6-4-5-7-16(13)10-14(2)23-21(25)19-11-17-8-9-18(22)12-20(17)24-15(19)3/h4-9,11-12,14H,10H2,1-3H3,(H,23,25)/t14-/m1/s1. The maximum absolute atomic E-state index is 13.3. The monoisotopic (exact) mass is 336 g/mol. The Morgan fingerprint density at radius 3 is 2.68 bits per heavy atom. The van der Waals surface area contributed by atoms with E-state index >= 15 is 0 Å². The van der Waals surface area contributed by atoms with E-state index in [1.807, 2.05) is 19.1 Å². The Morgan fingerprint density at radius 1 is 1.16 bits per heavy atom. The molecule has 128 valence electrons. The molecule has 0 saturated heterocycles. The van der Waals surface area contributed by atoms with Crippen molar-refractivity contribution in [2.45, 2.75) is 33.2 Å². The molecular formula is C21H21FN2O. The largest absolute Gasteiger partial charge is 0.349 e. The molecule has 0 fully saturated rings. The lowest BCUT2D eigenvalue weighted by Crippen LogP contribution is -2.34. The zero-order chi connectivity index (χ0) is 18.0. The molecule has 0 bridgehead atoms. The first-order valence-corrected chi connectivity index (χ1v) is 8.36. The van der Waals surface area contributed by atoms with Gasteiger partial charge in [-0.05, 0) is 56.5 Å². The molecule has 25 heavy (non-hydrogen) atoms. The lowest BCUT2D eigenvalue weighted by atomic mass is 10.0. The number of rotatable bonds is 4. The SMILES string of the molecule is Cc1ccccc1C[C@@H](C)NC(=O)c1cc2ccc(F)cc2nc1C. The first-order valence-electron chi connectivity index (χ1n) is 8.36. The summed E-state index contributed by atoms with van der Waals surface area (Å²) >= 11 is 0. The molecule has 0 aliphatic carbocycles. The Hall–Kier alpha value is -2.75. The Kier molecular flexibility index (Phi) is 4.79. The predicted octanol–water partition coefficient (Wildman–Crippen LogP) is 4.35. The summed E-state index contributed by atoms with van der Waals surface area (Å²) in [4.78, 5) is 17.0. The number of halogens is 1. The molecule has 0 saturated carbocycles. The summed E-state index contributed by atoms with van der Waals surface area (Å²) in [5, 5.41) is 3.79. The number of pyridine rings is 1. The molecule has 1 atom stereocenters. The van der Waals surface area contributed by atoms with Gasteiger partial charge < -0.3 is 5.32 Å². The van der Waals surface area contributed by atoms with Gasteiger partial charge in [-0.15, -0.1) is 0 Å². The van der Waals surface area contributed by atoms with Crippen LogP contribution in [0.1, 0.15) is 34.1 Å². The van der Waals surface area contributed by atoms with Crippen molar-refractivity contribution in [2.75, 3.05) is 0 Å². The average Bonchev–Trinajstić information content (AvgIpc) is 2.56. The number of amides is 1. The van der Waals surface area contributed by atoms with Crippen molar-refractivity contribution < 1.29 is 9.18 Å². The molecule has 1 N–H and O–H groups in total. The Morgan fingerprint density at radius 2 is 1.92 bits per heavy atom. The van der Waals surface area contributed by atoms with Gasteiger partial charge in [0.25, 0.3) is 5.91 Å². The molecule has 3 nitrogen and oxygen atoms in total. The van der Waals surface area contributed by atoms with Crippen molar-refractivity contribution in [1.82, 2.24) is 10.3 Å². The van der Waals surface area contributed by atoms with Crippen LogP contribution in [0.3, 0.4) is 0 Å². The summed E-state index contributed by atoms with van der Waals surface area (Å²) in [6, 6.07) is 14.3. The van der Waals surface area contributed by atoms with Crippen LogP contribution < -0.4 is 5.32 Å². The molecule has 3 aromatic rings. The van der Waals surface area contributed by atoms with E-state index in [2.05, 4.69) is 29.4 Å². The molecule has 0 spiro atoms. The van der Waals surface area contributed by atoms with Gasteiger partial charge >= 0.3 is 0 Å². The van der Waals surface area contributed by atoms with Crippen LogP contribution in [-0.4, -0.2) is 16.9 Å². The number of aryl methyl sites for hydroxylation is 2. The number of aromatic nitrogens is 1. The topological polar surface area (TPSA) is 42.0 Å². The molecule has 2 aromatic carbocycles. The van der Waals surface area contributed by atoms with Gasteiger partial charge in [-0.2, -0.15) is 0 Å². The van der Waals surface area contributed by atoms with Gasteiger partial charge in [-0.25, -0.2) is 4.39 Å². The van der Waals surface area contributed by atoms with Crippen LogP contribution in [0, 0.1) is 19.7 Å². The lowest BCUT2D eigenvalue weighted by Gasteiger charge is -2.16. The molecule has 1 heterocycles. The van der Waals surface area contributed by atoms with E-state index < -0.39 is 0 Å². The summed E-state index contributed by atoms with van der Waals surface area (Å²) in [5.74, 6) is -0.485. The molecule has 0 aliphatic rings.